The van der Waals surface area contributed by atoms with E-state index in [1.807, 2.05) is 13.0 Å². The van der Waals surface area contributed by atoms with Gasteiger partial charge in [-0.15, -0.1) is 0 Å². The minimum absolute atomic E-state index is 0.133. The summed E-state index contributed by atoms with van der Waals surface area (Å²) in [7, 11) is 1.55. The number of likely N-dealkylation sites (N-methyl/N-ethyl adjacent to an activating group) is 1. The maximum Gasteiger partial charge on any atom is 0.254 e. The number of hydrogen-bond donors (Lipinski definition) is 1. The fourth-order valence-corrected chi connectivity index (χ4v) is 3.23. The van der Waals surface area contributed by atoms with Crippen molar-refractivity contribution in [1.82, 2.24) is 4.90 Å². The monoisotopic (exact) mass is 376 g/mol. The number of nitrogens with one attached hydrogen (secondary N) is 1. The third kappa shape index (κ3) is 3.86. The quantitative estimate of drug-likeness (QED) is 0.890. The number of amides is 3. The standard InChI is InChI=1S/C21H20N4O3/c1-14-11-19(26)23-17-5-3-4-6-18(17)25(14)20(27)13-24(2)21(28)16-9-7-15(12-22)8-10-16/h3-10,14H,11,13H2,1-2H3,(H,23,26)/t14-/m0/s1. The van der Waals surface area contributed by atoms with E-state index in [0.29, 0.717) is 22.5 Å². The first-order chi connectivity index (χ1) is 13.4. The van der Waals surface area contributed by atoms with E-state index in [0.717, 1.165) is 0 Å². The number of benzene rings is 2. The summed E-state index contributed by atoms with van der Waals surface area (Å²) < 4.78 is 0. The van der Waals surface area contributed by atoms with Crippen molar-refractivity contribution in [2.45, 2.75) is 19.4 Å². The van der Waals surface area contributed by atoms with Gasteiger partial charge in [-0.2, -0.15) is 5.26 Å². The van der Waals surface area contributed by atoms with Gasteiger partial charge >= 0.3 is 0 Å². The molecule has 0 spiro atoms. The first kappa shape index (κ1) is 19.1. The van der Waals surface area contributed by atoms with Crippen molar-refractivity contribution >= 4 is 29.1 Å². The van der Waals surface area contributed by atoms with Gasteiger partial charge in [0.2, 0.25) is 11.8 Å². The largest absolute Gasteiger partial charge is 0.332 e. The van der Waals surface area contributed by atoms with E-state index < -0.39 is 0 Å². The van der Waals surface area contributed by atoms with Crippen LogP contribution in [0.5, 0.6) is 0 Å². The maximum atomic E-state index is 13.0. The summed E-state index contributed by atoms with van der Waals surface area (Å²) >= 11 is 0. The van der Waals surface area contributed by atoms with Crippen LogP contribution >= 0.6 is 0 Å². The van der Waals surface area contributed by atoms with Crippen LogP contribution in [0.4, 0.5) is 11.4 Å². The molecule has 1 aliphatic heterocycles. The Hall–Kier alpha value is -3.66. The fraction of sp³-hybridized carbons (Fsp3) is 0.238. The molecule has 0 saturated heterocycles. The highest BCUT2D eigenvalue weighted by atomic mass is 16.2. The molecule has 1 atom stereocenters. The number of hydrogen-bond acceptors (Lipinski definition) is 4. The zero-order valence-corrected chi connectivity index (χ0v) is 15.7. The number of anilines is 2. The van der Waals surface area contributed by atoms with E-state index in [2.05, 4.69) is 5.32 Å². The Labute approximate surface area is 163 Å². The van der Waals surface area contributed by atoms with Gasteiger partial charge in [-0.05, 0) is 43.3 Å². The third-order valence-electron chi connectivity index (χ3n) is 4.61. The fourth-order valence-electron chi connectivity index (χ4n) is 3.23. The van der Waals surface area contributed by atoms with Crippen LogP contribution in [-0.4, -0.2) is 42.3 Å². The Balaban J connectivity index is 1.80. The number of rotatable bonds is 3. The second-order valence-corrected chi connectivity index (χ2v) is 6.73. The molecule has 7 nitrogen and oxygen atoms in total. The molecule has 0 aliphatic carbocycles. The van der Waals surface area contributed by atoms with Gasteiger partial charge in [0.25, 0.3) is 5.91 Å². The molecule has 0 bridgehead atoms. The molecule has 28 heavy (non-hydrogen) atoms. The van der Waals surface area contributed by atoms with Crippen LogP contribution in [0.2, 0.25) is 0 Å². The summed E-state index contributed by atoms with van der Waals surface area (Å²) in [6.45, 7) is 1.67. The van der Waals surface area contributed by atoms with Gasteiger partial charge in [0, 0.05) is 25.1 Å². The van der Waals surface area contributed by atoms with Gasteiger partial charge in [-0.3, -0.25) is 14.4 Å². The smallest absolute Gasteiger partial charge is 0.254 e. The maximum absolute atomic E-state index is 13.0. The molecule has 2 aromatic carbocycles. The molecule has 3 amide bonds. The molecule has 142 valence electrons. The van der Waals surface area contributed by atoms with Crippen LogP contribution in [0.15, 0.2) is 48.5 Å². The number of nitriles is 1. The van der Waals surface area contributed by atoms with Gasteiger partial charge in [-0.1, -0.05) is 12.1 Å². The van der Waals surface area contributed by atoms with Crippen LogP contribution < -0.4 is 10.2 Å². The minimum atomic E-state index is -0.338. The van der Waals surface area contributed by atoms with Gasteiger partial charge < -0.3 is 15.1 Å². The lowest BCUT2D eigenvalue weighted by atomic mass is 10.1. The summed E-state index contributed by atoms with van der Waals surface area (Å²) in [4.78, 5) is 40.6. The Morgan fingerprint density at radius 3 is 2.57 bits per heavy atom. The Bertz CT molecular complexity index is 962. The van der Waals surface area contributed by atoms with E-state index in [4.69, 9.17) is 5.26 Å². The second kappa shape index (κ2) is 7.92. The lowest BCUT2D eigenvalue weighted by Gasteiger charge is -2.29. The SMILES string of the molecule is C[C@H]1CC(=O)Nc2ccccc2N1C(=O)CN(C)C(=O)c1ccc(C#N)cc1. The summed E-state index contributed by atoms with van der Waals surface area (Å²) in [5.74, 6) is -0.749. The van der Waals surface area contributed by atoms with Crippen molar-refractivity contribution in [1.29, 1.82) is 5.26 Å². The Kier molecular flexibility index (Phi) is 5.41. The molecular weight excluding hydrogens is 356 g/mol. The molecule has 2 aromatic rings. The van der Waals surface area contributed by atoms with Gasteiger partial charge in [-0.25, -0.2) is 0 Å². The minimum Gasteiger partial charge on any atom is -0.332 e. The zero-order chi connectivity index (χ0) is 20.3. The molecular formula is C21H20N4O3. The first-order valence-corrected chi connectivity index (χ1v) is 8.87. The molecule has 0 saturated carbocycles. The molecule has 0 radical (unpaired) electrons. The molecule has 0 fully saturated rings. The van der Waals surface area contributed by atoms with Crippen molar-refractivity contribution in [3.05, 3.63) is 59.7 Å². The molecule has 1 N–H and O–H groups in total. The average molecular weight is 376 g/mol. The lowest BCUT2D eigenvalue weighted by Crippen LogP contribution is -2.45. The number of fused-ring (bicyclic) bond motifs is 1. The predicted molar refractivity (Wildman–Crippen MR) is 105 cm³/mol. The number of para-hydroxylation sites is 2. The molecule has 0 aromatic heterocycles. The van der Waals surface area contributed by atoms with Crippen molar-refractivity contribution in [2.24, 2.45) is 0 Å². The average Bonchev–Trinajstić information content (AvgIpc) is 2.81. The normalized spacial score (nSPS) is 15.7. The van der Waals surface area contributed by atoms with Crippen molar-refractivity contribution in [3.63, 3.8) is 0 Å². The van der Waals surface area contributed by atoms with Crippen LogP contribution in [0, 0.1) is 11.3 Å². The van der Waals surface area contributed by atoms with E-state index >= 15 is 0 Å². The van der Waals surface area contributed by atoms with Crippen LogP contribution in [0.3, 0.4) is 0 Å². The highest BCUT2D eigenvalue weighted by Gasteiger charge is 2.30. The van der Waals surface area contributed by atoms with Gasteiger partial charge in [0.15, 0.2) is 0 Å². The van der Waals surface area contributed by atoms with Crippen LogP contribution in [0.1, 0.15) is 29.3 Å². The van der Waals surface area contributed by atoms with E-state index in [1.54, 1.807) is 60.5 Å². The summed E-state index contributed by atoms with van der Waals surface area (Å²) in [5, 5.41) is 11.7. The van der Waals surface area contributed by atoms with Crippen molar-refractivity contribution < 1.29 is 14.4 Å². The number of carbonyl (C=O) groups is 3. The topological polar surface area (TPSA) is 93.5 Å². The Morgan fingerprint density at radius 1 is 1.21 bits per heavy atom. The molecule has 7 heteroatoms. The van der Waals surface area contributed by atoms with Gasteiger partial charge in [0.05, 0.1) is 23.0 Å². The van der Waals surface area contributed by atoms with E-state index in [9.17, 15) is 14.4 Å². The molecule has 3 rings (SSSR count). The molecule has 1 heterocycles. The second-order valence-electron chi connectivity index (χ2n) is 6.73. The van der Waals surface area contributed by atoms with Crippen molar-refractivity contribution in [3.8, 4) is 6.07 Å². The van der Waals surface area contributed by atoms with E-state index in [-0.39, 0.29) is 36.7 Å². The Morgan fingerprint density at radius 2 is 1.89 bits per heavy atom. The third-order valence-corrected chi connectivity index (χ3v) is 4.61. The highest BCUT2D eigenvalue weighted by Crippen LogP contribution is 2.31. The van der Waals surface area contributed by atoms with Crippen LogP contribution in [0.25, 0.3) is 0 Å². The van der Waals surface area contributed by atoms with Gasteiger partial charge in [0.1, 0.15) is 6.54 Å². The highest BCUT2D eigenvalue weighted by molar-refractivity contribution is 6.06. The summed E-state index contributed by atoms with van der Waals surface area (Å²) in [6.07, 6.45) is 0.174. The zero-order valence-electron chi connectivity index (χ0n) is 15.7. The van der Waals surface area contributed by atoms with Crippen LogP contribution in [-0.2, 0) is 9.59 Å². The first-order valence-electron chi connectivity index (χ1n) is 8.87. The van der Waals surface area contributed by atoms with Crippen molar-refractivity contribution in [2.75, 3.05) is 23.8 Å². The molecule has 1 aliphatic rings. The number of nitrogens with zero attached hydrogens (tertiary/aromatic N) is 3. The predicted octanol–water partition coefficient (Wildman–Crippen LogP) is 2.39. The van der Waals surface area contributed by atoms with E-state index in [1.165, 1.54) is 4.90 Å². The summed E-state index contributed by atoms with van der Waals surface area (Å²) in [6, 6.07) is 15.0. The lowest BCUT2D eigenvalue weighted by molar-refractivity contribution is -0.119. The summed E-state index contributed by atoms with van der Waals surface area (Å²) in [5.41, 5.74) is 2.05. The number of carbonyl (C=O) groups excluding carboxylic acids is 3. The molecule has 0 unspecified atom stereocenters.